The molecule has 0 aliphatic carbocycles. The van der Waals surface area contributed by atoms with E-state index < -0.39 is 5.97 Å². The highest BCUT2D eigenvalue weighted by Crippen LogP contribution is 2.22. The van der Waals surface area contributed by atoms with Crippen molar-refractivity contribution in [2.75, 3.05) is 27.7 Å². The highest BCUT2D eigenvalue weighted by atomic mass is 16.6. The number of furan rings is 1. The van der Waals surface area contributed by atoms with Crippen LogP contribution in [-0.4, -0.2) is 44.7 Å². The largest absolute Gasteiger partial charge is 0.457 e. The molecular formula is C17H23NO4. The third kappa shape index (κ3) is 4.32. The minimum atomic E-state index is -0.421. The molecule has 1 aromatic heterocycles. The third-order valence-electron chi connectivity index (χ3n) is 3.38. The van der Waals surface area contributed by atoms with Crippen LogP contribution in [0.1, 0.15) is 29.5 Å². The van der Waals surface area contributed by atoms with E-state index >= 15 is 0 Å². The molecule has 0 fully saturated rings. The number of rotatable bonds is 7. The van der Waals surface area contributed by atoms with E-state index in [1.807, 2.05) is 39.2 Å². The van der Waals surface area contributed by atoms with Crippen molar-refractivity contribution in [2.24, 2.45) is 0 Å². The van der Waals surface area contributed by atoms with E-state index in [4.69, 9.17) is 13.9 Å². The lowest BCUT2D eigenvalue weighted by Gasteiger charge is -2.15. The van der Waals surface area contributed by atoms with Gasteiger partial charge in [0, 0.05) is 19.0 Å². The van der Waals surface area contributed by atoms with Crippen molar-refractivity contribution in [2.45, 2.75) is 26.1 Å². The van der Waals surface area contributed by atoms with E-state index in [1.165, 1.54) is 0 Å². The Balaban J connectivity index is 2.05. The van der Waals surface area contributed by atoms with Gasteiger partial charge in [-0.15, -0.1) is 0 Å². The molecule has 22 heavy (non-hydrogen) atoms. The van der Waals surface area contributed by atoms with Crippen LogP contribution in [0.4, 0.5) is 0 Å². The minimum Gasteiger partial charge on any atom is -0.457 e. The van der Waals surface area contributed by atoms with Gasteiger partial charge in [0.2, 0.25) is 5.76 Å². The van der Waals surface area contributed by atoms with Gasteiger partial charge < -0.3 is 18.8 Å². The van der Waals surface area contributed by atoms with Gasteiger partial charge in [0.1, 0.15) is 11.7 Å². The molecular weight excluding hydrogens is 282 g/mol. The Kier molecular flexibility index (Phi) is 5.57. The number of benzene rings is 1. The summed E-state index contributed by atoms with van der Waals surface area (Å²) in [6, 6.07) is 7.43. The average Bonchev–Trinajstić information content (AvgIpc) is 2.89. The average molecular weight is 305 g/mol. The smallest absolute Gasteiger partial charge is 0.374 e. The Morgan fingerprint density at radius 3 is 2.77 bits per heavy atom. The fourth-order valence-electron chi connectivity index (χ4n) is 2.19. The van der Waals surface area contributed by atoms with Crippen LogP contribution in [0.5, 0.6) is 0 Å². The number of methoxy groups -OCH3 is 1. The van der Waals surface area contributed by atoms with Crippen LogP contribution in [0, 0.1) is 0 Å². The van der Waals surface area contributed by atoms with Gasteiger partial charge in [-0.2, -0.15) is 0 Å². The van der Waals surface area contributed by atoms with Crippen molar-refractivity contribution in [3.63, 3.8) is 0 Å². The van der Waals surface area contributed by atoms with Crippen LogP contribution in [0.25, 0.3) is 11.0 Å². The Labute approximate surface area is 130 Å². The van der Waals surface area contributed by atoms with Crippen molar-refractivity contribution in [3.05, 3.63) is 35.6 Å². The SMILES string of the molecule is COCc1ccc2oc(C(=O)OC(C)CCN(C)C)cc2c1. The summed E-state index contributed by atoms with van der Waals surface area (Å²) in [5.41, 5.74) is 1.71. The van der Waals surface area contributed by atoms with Gasteiger partial charge in [-0.25, -0.2) is 4.79 Å². The number of carbonyl (C=O) groups excluding carboxylic acids is 1. The molecule has 0 radical (unpaired) electrons. The van der Waals surface area contributed by atoms with Gasteiger partial charge in [0.15, 0.2) is 0 Å². The van der Waals surface area contributed by atoms with E-state index in [0.29, 0.717) is 12.2 Å². The fraction of sp³-hybridized carbons (Fsp3) is 0.471. The van der Waals surface area contributed by atoms with Crippen molar-refractivity contribution in [1.82, 2.24) is 4.90 Å². The van der Waals surface area contributed by atoms with E-state index in [0.717, 1.165) is 23.9 Å². The molecule has 2 aromatic rings. The first-order chi connectivity index (χ1) is 10.5. The topological polar surface area (TPSA) is 51.9 Å². The lowest BCUT2D eigenvalue weighted by atomic mass is 10.2. The Morgan fingerprint density at radius 2 is 2.09 bits per heavy atom. The molecule has 0 saturated carbocycles. The second-order valence-electron chi connectivity index (χ2n) is 5.72. The monoisotopic (exact) mass is 305 g/mol. The number of fused-ring (bicyclic) bond motifs is 1. The van der Waals surface area contributed by atoms with E-state index in [-0.39, 0.29) is 11.9 Å². The molecule has 0 amide bonds. The Bertz CT molecular complexity index is 633. The van der Waals surface area contributed by atoms with E-state index in [9.17, 15) is 4.79 Å². The number of hydrogen-bond donors (Lipinski definition) is 0. The molecule has 1 unspecified atom stereocenters. The molecule has 1 atom stereocenters. The summed E-state index contributed by atoms with van der Waals surface area (Å²) in [5.74, 6) is -0.183. The zero-order valence-electron chi connectivity index (χ0n) is 13.6. The first-order valence-corrected chi connectivity index (χ1v) is 7.36. The summed E-state index contributed by atoms with van der Waals surface area (Å²) in [6.45, 7) is 3.29. The van der Waals surface area contributed by atoms with Crippen LogP contribution < -0.4 is 0 Å². The fourth-order valence-corrected chi connectivity index (χ4v) is 2.19. The van der Waals surface area contributed by atoms with Crippen molar-refractivity contribution >= 4 is 16.9 Å². The lowest BCUT2D eigenvalue weighted by Crippen LogP contribution is -2.21. The van der Waals surface area contributed by atoms with Crippen LogP contribution in [0.2, 0.25) is 0 Å². The molecule has 0 spiro atoms. The number of nitrogens with zero attached hydrogens (tertiary/aromatic N) is 1. The van der Waals surface area contributed by atoms with Gasteiger partial charge in [-0.1, -0.05) is 6.07 Å². The number of carbonyl (C=O) groups is 1. The van der Waals surface area contributed by atoms with Gasteiger partial charge in [-0.05, 0) is 51.2 Å². The second-order valence-corrected chi connectivity index (χ2v) is 5.72. The van der Waals surface area contributed by atoms with Crippen molar-refractivity contribution in [1.29, 1.82) is 0 Å². The summed E-state index contributed by atoms with van der Waals surface area (Å²) in [6.07, 6.45) is 0.643. The summed E-state index contributed by atoms with van der Waals surface area (Å²) in [7, 11) is 5.63. The van der Waals surface area contributed by atoms with E-state index in [1.54, 1.807) is 13.2 Å². The summed E-state index contributed by atoms with van der Waals surface area (Å²) >= 11 is 0. The number of ether oxygens (including phenoxy) is 2. The molecule has 0 aliphatic heterocycles. The predicted octanol–water partition coefficient (Wildman–Crippen LogP) is 3.08. The zero-order valence-corrected chi connectivity index (χ0v) is 13.6. The zero-order chi connectivity index (χ0) is 16.1. The Hall–Kier alpha value is -1.85. The normalized spacial score (nSPS) is 12.8. The molecule has 1 heterocycles. The molecule has 5 nitrogen and oxygen atoms in total. The summed E-state index contributed by atoms with van der Waals surface area (Å²) in [5, 5.41) is 0.877. The number of esters is 1. The highest BCUT2D eigenvalue weighted by molar-refractivity contribution is 5.92. The van der Waals surface area contributed by atoms with Crippen LogP contribution in [-0.2, 0) is 16.1 Å². The standard InChI is InChI=1S/C17H23NO4/c1-12(7-8-18(2)3)21-17(19)16-10-14-9-13(11-20-4)5-6-15(14)22-16/h5-6,9-10,12H,7-8,11H2,1-4H3. The number of hydrogen-bond acceptors (Lipinski definition) is 5. The molecule has 2 rings (SSSR count). The van der Waals surface area contributed by atoms with Crippen molar-refractivity contribution < 1.29 is 18.7 Å². The maximum absolute atomic E-state index is 12.1. The first-order valence-electron chi connectivity index (χ1n) is 7.36. The molecule has 1 aromatic carbocycles. The van der Waals surface area contributed by atoms with Gasteiger partial charge in [0.25, 0.3) is 0 Å². The predicted molar refractivity (Wildman–Crippen MR) is 85.0 cm³/mol. The van der Waals surface area contributed by atoms with Crippen molar-refractivity contribution in [3.8, 4) is 0 Å². The van der Waals surface area contributed by atoms with Crippen LogP contribution in [0.15, 0.2) is 28.7 Å². The van der Waals surface area contributed by atoms with Crippen LogP contribution >= 0.6 is 0 Å². The lowest BCUT2D eigenvalue weighted by molar-refractivity contribution is 0.0278. The van der Waals surface area contributed by atoms with Gasteiger partial charge in [0.05, 0.1) is 6.61 Å². The molecule has 0 bridgehead atoms. The first kappa shape index (κ1) is 16.5. The second kappa shape index (κ2) is 7.42. The summed E-state index contributed by atoms with van der Waals surface area (Å²) in [4.78, 5) is 14.2. The van der Waals surface area contributed by atoms with Crippen LogP contribution in [0.3, 0.4) is 0 Å². The quantitative estimate of drug-likeness (QED) is 0.736. The molecule has 0 aliphatic rings. The Morgan fingerprint density at radius 1 is 1.32 bits per heavy atom. The minimum absolute atomic E-state index is 0.146. The molecule has 0 N–H and O–H groups in total. The van der Waals surface area contributed by atoms with E-state index in [2.05, 4.69) is 4.90 Å². The molecule has 0 saturated heterocycles. The third-order valence-corrected chi connectivity index (χ3v) is 3.38. The van der Waals surface area contributed by atoms with Gasteiger partial charge >= 0.3 is 5.97 Å². The highest BCUT2D eigenvalue weighted by Gasteiger charge is 2.17. The van der Waals surface area contributed by atoms with Gasteiger partial charge in [-0.3, -0.25) is 0 Å². The molecule has 5 heteroatoms. The molecule has 120 valence electrons. The summed E-state index contributed by atoms with van der Waals surface area (Å²) < 4.78 is 16.1. The maximum Gasteiger partial charge on any atom is 0.374 e. The maximum atomic E-state index is 12.1.